The van der Waals surface area contributed by atoms with Gasteiger partial charge in [-0.3, -0.25) is 9.69 Å². The van der Waals surface area contributed by atoms with Gasteiger partial charge in [0.25, 0.3) is 0 Å². The summed E-state index contributed by atoms with van der Waals surface area (Å²) in [4.78, 5) is 17.3. The highest BCUT2D eigenvalue weighted by Crippen LogP contribution is 2.37. The SMILES string of the molecule is CC(C)N1CCC(C)(C(=O)N2CCCC2)CC1C. The third-order valence-corrected chi connectivity index (χ3v) is 4.81. The maximum atomic E-state index is 12.7. The van der Waals surface area contributed by atoms with Gasteiger partial charge in [-0.1, -0.05) is 6.92 Å². The third kappa shape index (κ3) is 2.56. The third-order valence-electron chi connectivity index (χ3n) is 4.81. The molecule has 2 unspecified atom stereocenters. The molecule has 0 aliphatic carbocycles. The molecule has 0 N–H and O–H groups in total. The van der Waals surface area contributed by atoms with E-state index < -0.39 is 0 Å². The molecular weight excluding hydrogens is 224 g/mol. The second-order valence-corrected chi connectivity index (χ2v) is 6.69. The van der Waals surface area contributed by atoms with Crippen LogP contribution in [0.1, 0.15) is 53.4 Å². The molecule has 2 heterocycles. The highest BCUT2D eigenvalue weighted by atomic mass is 16.2. The molecule has 0 bridgehead atoms. The van der Waals surface area contributed by atoms with Crippen LogP contribution in [0.15, 0.2) is 0 Å². The maximum absolute atomic E-state index is 12.7. The number of amides is 1. The molecule has 0 spiro atoms. The van der Waals surface area contributed by atoms with Gasteiger partial charge < -0.3 is 4.90 Å². The predicted molar refractivity (Wildman–Crippen MR) is 74.5 cm³/mol. The molecule has 2 atom stereocenters. The molecule has 3 nitrogen and oxygen atoms in total. The van der Waals surface area contributed by atoms with Crippen LogP contribution in [0.25, 0.3) is 0 Å². The van der Waals surface area contributed by atoms with Gasteiger partial charge in [0.1, 0.15) is 0 Å². The molecule has 2 saturated heterocycles. The van der Waals surface area contributed by atoms with Gasteiger partial charge in [-0.05, 0) is 53.0 Å². The van der Waals surface area contributed by atoms with Crippen molar-refractivity contribution in [3.8, 4) is 0 Å². The smallest absolute Gasteiger partial charge is 0.228 e. The maximum Gasteiger partial charge on any atom is 0.228 e. The summed E-state index contributed by atoms with van der Waals surface area (Å²) in [6.45, 7) is 12.0. The number of hydrogen-bond acceptors (Lipinski definition) is 2. The first-order valence-corrected chi connectivity index (χ1v) is 7.49. The van der Waals surface area contributed by atoms with E-state index in [0.717, 1.165) is 32.5 Å². The molecule has 0 aromatic rings. The average molecular weight is 252 g/mol. The Balaban J connectivity index is 2.02. The lowest BCUT2D eigenvalue weighted by Crippen LogP contribution is -2.53. The number of nitrogens with zero attached hydrogens (tertiary/aromatic N) is 2. The van der Waals surface area contributed by atoms with Crippen molar-refractivity contribution < 1.29 is 4.79 Å². The largest absolute Gasteiger partial charge is 0.342 e. The fraction of sp³-hybridized carbons (Fsp3) is 0.933. The van der Waals surface area contributed by atoms with Crippen LogP contribution in [-0.2, 0) is 4.79 Å². The second-order valence-electron chi connectivity index (χ2n) is 6.69. The molecule has 2 fully saturated rings. The molecule has 0 aromatic carbocycles. The molecule has 104 valence electrons. The lowest BCUT2D eigenvalue weighted by atomic mass is 9.75. The molecule has 3 heteroatoms. The van der Waals surface area contributed by atoms with E-state index in [9.17, 15) is 4.79 Å². The van der Waals surface area contributed by atoms with E-state index in [1.807, 2.05) is 0 Å². The van der Waals surface area contributed by atoms with Gasteiger partial charge in [0.2, 0.25) is 5.91 Å². The number of rotatable bonds is 2. The van der Waals surface area contributed by atoms with Gasteiger partial charge in [0.05, 0.1) is 0 Å². The minimum Gasteiger partial charge on any atom is -0.342 e. The van der Waals surface area contributed by atoms with Crippen molar-refractivity contribution in [1.82, 2.24) is 9.80 Å². The second kappa shape index (κ2) is 5.20. The quantitative estimate of drug-likeness (QED) is 0.754. The summed E-state index contributed by atoms with van der Waals surface area (Å²) in [5.74, 6) is 0.412. The van der Waals surface area contributed by atoms with Crippen molar-refractivity contribution in [2.45, 2.75) is 65.5 Å². The number of hydrogen-bond donors (Lipinski definition) is 0. The van der Waals surface area contributed by atoms with Crippen molar-refractivity contribution in [1.29, 1.82) is 0 Å². The zero-order valence-electron chi connectivity index (χ0n) is 12.4. The fourth-order valence-electron chi connectivity index (χ4n) is 3.73. The minimum atomic E-state index is -0.116. The van der Waals surface area contributed by atoms with E-state index in [2.05, 4.69) is 37.5 Å². The molecule has 0 aromatic heterocycles. The lowest BCUT2D eigenvalue weighted by molar-refractivity contribution is -0.144. The van der Waals surface area contributed by atoms with Crippen LogP contribution in [-0.4, -0.2) is 47.4 Å². The average Bonchev–Trinajstić information content (AvgIpc) is 2.80. The molecule has 0 radical (unpaired) electrons. The van der Waals surface area contributed by atoms with Crippen LogP contribution >= 0.6 is 0 Å². The van der Waals surface area contributed by atoms with Crippen molar-refractivity contribution in [3.05, 3.63) is 0 Å². The summed E-state index contributed by atoms with van der Waals surface area (Å²) in [5.41, 5.74) is -0.116. The van der Waals surface area contributed by atoms with Gasteiger partial charge >= 0.3 is 0 Å². The van der Waals surface area contributed by atoms with E-state index in [-0.39, 0.29) is 5.41 Å². The number of piperidine rings is 1. The number of carbonyl (C=O) groups is 1. The Bertz CT molecular complexity index is 310. The van der Waals surface area contributed by atoms with Gasteiger partial charge in [-0.15, -0.1) is 0 Å². The Morgan fingerprint density at radius 2 is 1.83 bits per heavy atom. The first-order valence-electron chi connectivity index (χ1n) is 7.49. The van der Waals surface area contributed by atoms with E-state index in [1.54, 1.807) is 0 Å². The van der Waals surface area contributed by atoms with Crippen LogP contribution in [0.2, 0.25) is 0 Å². The van der Waals surface area contributed by atoms with Crippen LogP contribution in [0.5, 0.6) is 0 Å². The highest BCUT2D eigenvalue weighted by Gasteiger charge is 2.43. The standard InChI is InChI=1S/C15H28N2O/c1-12(2)17-10-7-15(4,11-13(17)3)14(18)16-8-5-6-9-16/h12-13H,5-11H2,1-4H3. The van der Waals surface area contributed by atoms with E-state index >= 15 is 0 Å². The van der Waals surface area contributed by atoms with E-state index in [1.165, 1.54) is 12.8 Å². The fourth-order valence-corrected chi connectivity index (χ4v) is 3.73. The number of carbonyl (C=O) groups excluding carboxylic acids is 1. The van der Waals surface area contributed by atoms with Crippen molar-refractivity contribution in [3.63, 3.8) is 0 Å². The summed E-state index contributed by atoms with van der Waals surface area (Å²) in [6.07, 6.45) is 4.41. The van der Waals surface area contributed by atoms with Gasteiger partial charge in [0.15, 0.2) is 0 Å². The molecular formula is C15H28N2O. The van der Waals surface area contributed by atoms with Crippen LogP contribution in [0, 0.1) is 5.41 Å². The van der Waals surface area contributed by atoms with Gasteiger partial charge in [0, 0.05) is 30.6 Å². The van der Waals surface area contributed by atoms with Gasteiger partial charge in [-0.25, -0.2) is 0 Å². The summed E-state index contributed by atoms with van der Waals surface area (Å²) in [5, 5.41) is 0. The summed E-state index contributed by atoms with van der Waals surface area (Å²) in [6, 6.07) is 1.11. The minimum absolute atomic E-state index is 0.116. The number of likely N-dealkylation sites (tertiary alicyclic amines) is 2. The normalized spacial score (nSPS) is 34.3. The Hall–Kier alpha value is -0.570. The molecule has 2 aliphatic heterocycles. The summed E-state index contributed by atoms with van der Waals surface area (Å²) >= 11 is 0. The Morgan fingerprint density at radius 1 is 1.22 bits per heavy atom. The lowest BCUT2D eigenvalue weighted by Gasteiger charge is -2.45. The zero-order valence-corrected chi connectivity index (χ0v) is 12.4. The van der Waals surface area contributed by atoms with Crippen molar-refractivity contribution in [2.24, 2.45) is 5.41 Å². The summed E-state index contributed by atoms with van der Waals surface area (Å²) < 4.78 is 0. The Morgan fingerprint density at radius 3 is 2.33 bits per heavy atom. The highest BCUT2D eigenvalue weighted by molar-refractivity contribution is 5.82. The molecule has 18 heavy (non-hydrogen) atoms. The topological polar surface area (TPSA) is 23.6 Å². The Labute approximate surface area is 112 Å². The van der Waals surface area contributed by atoms with Crippen LogP contribution in [0.4, 0.5) is 0 Å². The van der Waals surface area contributed by atoms with Crippen molar-refractivity contribution >= 4 is 5.91 Å². The molecule has 2 rings (SSSR count). The van der Waals surface area contributed by atoms with Crippen LogP contribution in [0.3, 0.4) is 0 Å². The first kappa shape index (κ1) is 13.9. The van der Waals surface area contributed by atoms with E-state index in [4.69, 9.17) is 0 Å². The molecule has 0 saturated carbocycles. The zero-order chi connectivity index (χ0) is 13.3. The molecule has 1 amide bonds. The first-order chi connectivity index (χ1) is 8.44. The predicted octanol–water partition coefficient (Wildman–Crippen LogP) is 2.51. The monoisotopic (exact) mass is 252 g/mol. The molecule has 2 aliphatic rings. The van der Waals surface area contributed by atoms with E-state index in [0.29, 0.717) is 18.0 Å². The summed E-state index contributed by atoms with van der Waals surface area (Å²) in [7, 11) is 0. The van der Waals surface area contributed by atoms with Crippen molar-refractivity contribution in [2.75, 3.05) is 19.6 Å². The van der Waals surface area contributed by atoms with Gasteiger partial charge in [-0.2, -0.15) is 0 Å². The van der Waals surface area contributed by atoms with Crippen LogP contribution < -0.4 is 0 Å². The Kier molecular flexibility index (Phi) is 4.00.